The van der Waals surface area contributed by atoms with Gasteiger partial charge in [0.05, 0.1) is 26.4 Å². The summed E-state index contributed by atoms with van der Waals surface area (Å²) in [5.74, 6) is 0. The molecule has 0 rings (SSSR count). The quantitative estimate of drug-likeness (QED) is 0.291. The van der Waals surface area contributed by atoms with Crippen LogP contribution in [0.4, 0.5) is 0 Å². The Morgan fingerprint density at radius 1 is 0.900 bits per heavy atom. The molecular formula is C10H23O9P. The number of hydrogen-bond donors (Lipinski definition) is 5. The largest absolute Gasteiger partial charge is 0.474 e. The molecule has 0 spiro atoms. The van der Waals surface area contributed by atoms with Crippen LogP contribution in [0.5, 0.6) is 0 Å². The molecule has 20 heavy (non-hydrogen) atoms. The summed E-state index contributed by atoms with van der Waals surface area (Å²) in [6, 6.07) is 0. The third-order valence-electron chi connectivity index (χ3n) is 2.30. The van der Waals surface area contributed by atoms with Gasteiger partial charge in [0.15, 0.2) is 0 Å². The summed E-state index contributed by atoms with van der Waals surface area (Å²) in [4.78, 5) is 0. The zero-order valence-corrected chi connectivity index (χ0v) is 12.3. The molecule has 0 amide bonds. The van der Waals surface area contributed by atoms with Crippen molar-refractivity contribution in [2.75, 3.05) is 26.4 Å². The average molecular weight is 318 g/mol. The highest BCUT2D eigenvalue weighted by atomic mass is 31.2. The highest BCUT2D eigenvalue weighted by molar-refractivity contribution is 7.48. The molecule has 0 radical (unpaired) electrons. The summed E-state index contributed by atoms with van der Waals surface area (Å²) >= 11 is 0. The van der Waals surface area contributed by atoms with Gasteiger partial charge in [-0.1, -0.05) is 0 Å². The molecule has 0 unspecified atom stereocenters. The van der Waals surface area contributed by atoms with E-state index in [1.165, 1.54) is 0 Å². The van der Waals surface area contributed by atoms with Gasteiger partial charge in [-0.3, -0.25) is 13.6 Å². The van der Waals surface area contributed by atoms with Crippen LogP contribution in [-0.4, -0.2) is 76.4 Å². The number of phosphoric ester groups is 1. The van der Waals surface area contributed by atoms with Crippen LogP contribution in [0, 0.1) is 0 Å². The van der Waals surface area contributed by atoms with Gasteiger partial charge in [0, 0.05) is 0 Å². The summed E-state index contributed by atoms with van der Waals surface area (Å²) in [5.41, 5.74) is 0. The molecular weight excluding hydrogens is 295 g/mol. The van der Waals surface area contributed by atoms with Gasteiger partial charge < -0.3 is 25.5 Å². The maximum atomic E-state index is 11.9. The monoisotopic (exact) mass is 318 g/mol. The third kappa shape index (κ3) is 6.57. The van der Waals surface area contributed by atoms with E-state index in [1.54, 1.807) is 13.8 Å². The van der Waals surface area contributed by atoms with Gasteiger partial charge in [-0.15, -0.1) is 0 Å². The summed E-state index contributed by atoms with van der Waals surface area (Å²) in [6.07, 6.45) is -6.85. The molecule has 122 valence electrons. The van der Waals surface area contributed by atoms with Crippen LogP contribution in [-0.2, 0) is 18.1 Å². The number of aliphatic hydroxyl groups excluding tert-OH is 5. The summed E-state index contributed by atoms with van der Waals surface area (Å²) in [6.45, 7) is 1.82. The van der Waals surface area contributed by atoms with E-state index in [1.807, 2.05) is 0 Å². The van der Waals surface area contributed by atoms with Gasteiger partial charge in [-0.05, 0) is 13.8 Å². The first kappa shape index (κ1) is 19.9. The fraction of sp³-hybridized carbons (Fsp3) is 1.00. The molecule has 9 nitrogen and oxygen atoms in total. The Balaban J connectivity index is 4.44. The van der Waals surface area contributed by atoms with E-state index in [0.717, 1.165) is 0 Å². The second-order valence-corrected chi connectivity index (χ2v) is 5.55. The summed E-state index contributed by atoms with van der Waals surface area (Å²) in [5, 5.41) is 46.2. The SMILES string of the molecule is CCOP(=O)(OCC)OC[C@@H](O)[C@@H](O)[C@H](O)[C@H](O)CO. The molecule has 0 heterocycles. The van der Waals surface area contributed by atoms with Gasteiger partial charge >= 0.3 is 7.82 Å². The molecule has 0 aliphatic rings. The van der Waals surface area contributed by atoms with Crippen molar-refractivity contribution in [2.45, 2.75) is 38.3 Å². The Morgan fingerprint density at radius 2 is 1.35 bits per heavy atom. The Morgan fingerprint density at radius 3 is 1.75 bits per heavy atom. The fourth-order valence-electron chi connectivity index (χ4n) is 1.26. The van der Waals surface area contributed by atoms with Crippen molar-refractivity contribution in [1.29, 1.82) is 0 Å². The highest BCUT2D eigenvalue weighted by Crippen LogP contribution is 2.49. The third-order valence-corrected chi connectivity index (χ3v) is 3.92. The Kier molecular flexibility index (Phi) is 9.73. The first-order chi connectivity index (χ1) is 9.31. The molecule has 5 N–H and O–H groups in total. The first-order valence-corrected chi connectivity index (χ1v) is 7.64. The summed E-state index contributed by atoms with van der Waals surface area (Å²) in [7, 11) is -3.84. The van der Waals surface area contributed by atoms with Crippen molar-refractivity contribution in [3.63, 3.8) is 0 Å². The lowest BCUT2D eigenvalue weighted by Crippen LogP contribution is -2.47. The van der Waals surface area contributed by atoms with E-state index in [0.29, 0.717) is 0 Å². The van der Waals surface area contributed by atoms with Crippen molar-refractivity contribution < 1.29 is 43.7 Å². The van der Waals surface area contributed by atoms with Gasteiger partial charge in [0.25, 0.3) is 0 Å². The first-order valence-electron chi connectivity index (χ1n) is 6.18. The van der Waals surface area contributed by atoms with E-state index in [9.17, 15) is 19.9 Å². The van der Waals surface area contributed by atoms with Crippen molar-refractivity contribution in [3.05, 3.63) is 0 Å². The van der Waals surface area contributed by atoms with Gasteiger partial charge in [0.2, 0.25) is 0 Å². The molecule has 4 atom stereocenters. The summed E-state index contributed by atoms with van der Waals surface area (Å²) < 4.78 is 26.3. The Hall–Kier alpha value is -0.0900. The van der Waals surface area contributed by atoms with E-state index in [4.69, 9.17) is 23.8 Å². The minimum atomic E-state index is -3.84. The van der Waals surface area contributed by atoms with Crippen LogP contribution in [0.3, 0.4) is 0 Å². The van der Waals surface area contributed by atoms with Crippen molar-refractivity contribution in [3.8, 4) is 0 Å². The number of hydrogen-bond acceptors (Lipinski definition) is 9. The number of phosphoric acid groups is 1. The van der Waals surface area contributed by atoms with Crippen LogP contribution in [0.15, 0.2) is 0 Å². The van der Waals surface area contributed by atoms with Gasteiger partial charge in [0.1, 0.15) is 24.4 Å². The fourth-order valence-corrected chi connectivity index (χ4v) is 2.45. The highest BCUT2D eigenvalue weighted by Gasteiger charge is 2.33. The lowest BCUT2D eigenvalue weighted by atomic mass is 10.0. The van der Waals surface area contributed by atoms with E-state index in [2.05, 4.69) is 0 Å². The molecule has 0 bridgehead atoms. The molecule has 0 aromatic carbocycles. The van der Waals surface area contributed by atoms with Crippen LogP contribution in [0.25, 0.3) is 0 Å². The maximum Gasteiger partial charge on any atom is 0.474 e. The van der Waals surface area contributed by atoms with E-state index in [-0.39, 0.29) is 13.2 Å². The average Bonchev–Trinajstić information content (AvgIpc) is 2.42. The second-order valence-electron chi connectivity index (χ2n) is 3.88. The topological polar surface area (TPSA) is 146 Å². The van der Waals surface area contributed by atoms with Crippen LogP contribution >= 0.6 is 7.82 Å². The Labute approximate surface area is 117 Å². The van der Waals surface area contributed by atoms with Gasteiger partial charge in [-0.2, -0.15) is 0 Å². The zero-order valence-electron chi connectivity index (χ0n) is 11.5. The second kappa shape index (κ2) is 9.78. The minimum Gasteiger partial charge on any atom is -0.394 e. The molecule has 0 aromatic heterocycles. The van der Waals surface area contributed by atoms with E-state index >= 15 is 0 Å². The lowest BCUT2D eigenvalue weighted by Gasteiger charge is -2.26. The smallest absolute Gasteiger partial charge is 0.394 e. The molecule has 0 saturated carbocycles. The molecule has 0 aromatic rings. The number of aliphatic hydroxyl groups is 5. The van der Waals surface area contributed by atoms with Crippen molar-refractivity contribution >= 4 is 7.82 Å². The van der Waals surface area contributed by atoms with E-state index < -0.39 is 45.5 Å². The zero-order chi connectivity index (χ0) is 15.8. The normalized spacial score (nSPS) is 18.6. The minimum absolute atomic E-state index is 0.0573. The maximum absolute atomic E-state index is 11.9. The van der Waals surface area contributed by atoms with Crippen molar-refractivity contribution in [1.82, 2.24) is 0 Å². The molecule has 0 saturated heterocycles. The van der Waals surface area contributed by atoms with Crippen molar-refractivity contribution in [2.24, 2.45) is 0 Å². The predicted molar refractivity (Wildman–Crippen MR) is 67.9 cm³/mol. The molecule has 0 fully saturated rings. The lowest BCUT2D eigenvalue weighted by molar-refractivity contribution is -0.123. The molecule has 0 aliphatic carbocycles. The van der Waals surface area contributed by atoms with Crippen LogP contribution in [0.2, 0.25) is 0 Å². The Bertz CT molecular complexity index is 290. The standard InChI is InChI=1S/C10H23O9P/c1-3-17-20(16,18-4-2)19-6-8(13)10(15)9(14)7(12)5-11/h7-15H,3-6H2,1-2H3/t7-,8-,9-,10-/m1/s1. The van der Waals surface area contributed by atoms with Crippen LogP contribution in [0.1, 0.15) is 13.8 Å². The molecule has 0 aliphatic heterocycles. The predicted octanol–water partition coefficient (Wildman–Crippen LogP) is -1.38. The number of rotatable bonds is 11. The van der Waals surface area contributed by atoms with Crippen LogP contribution < -0.4 is 0 Å². The molecule has 10 heteroatoms. The van der Waals surface area contributed by atoms with Gasteiger partial charge in [-0.25, -0.2) is 4.57 Å².